The van der Waals surface area contributed by atoms with Crippen LogP contribution in [0.3, 0.4) is 0 Å². The number of furan rings is 1. The Morgan fingerprint density at radius 2 is 2.11 bits per heavy atom. The summed E-state index contributed by atoms with van der Waals surface area (Å²) in [6.45, 7) is 8.86. The van der Waals surface area contributed by atoms with E-state index in [0.717, 1.165) is 0 Å². The topological polar surface area (TPSA) is 68.5 Å². The predicted octanol–water partition coefficient (Wildman–Crippen LogP) is 2.67. The lowest BCUT2D eigenvalue weighted by molar-refractivity contribution is 0.0520. The van der Waals surface area contributed by atoms with Gasteiger partial charge < -0.3 is 14.5 Å². The van der Waals surface area contributed by atoms with Crippen molar-refractivity contribution in [2.75, 3.05) is 0 Å². The minimum absolute atomic E-state index is 0.166. The molecule has 98 valence electrons. The van der Waals surface area contributed by atoms with Crippen molar-refractivity contribution in [3.05, 3.63) is 36.3 Å². The molecule has 5 heteroatoms. The Morgan fingerprint density at radius 3 is 2.67 bits per heavy atom. The first-order valence-corrected chi connectivity index (χ1v) is 5.54. The maximum atomic E-state index is 11.4. The summed E-state index contributed by atoms with van der Waals surface area (Å²) in [5, 5.41) is 2.53. The van der Waals surface area contributed by atoms with Gasteiger partial charge in [-0.2, -0.15) is 0 Å². The van der Waals surface area contributed by atoms with Gasteiger partial charge in [0.15, 0.2) is 5.76 Å². The first-order valence-electron chi connectivity index (χ1n) is 5.54. The SMILES string of the molecule is C=CC(=O)c1ccc(CNC(=O)OC(C)(C)C)o1. The number of rotatable bonds is 4. The first-order chi connectivity index (χ1) is 8.31. The molecule has 0 bridgehead atoms. The maximum Gasteiger partial charge on any atom is 0.408 e. The molecule has 1 aromatic rings. The Balaban J connectivity index is 2.49. The molecule has 0 aliphatic rings. The van der Waals surface area contributed by atoms with Gasteiger partial charge in [0, 0.05) is 0 Å². The van der Waals surface area contributed by atoms with Crippen molar-refractivity contribution < 1.29 is 18.7 Å². The number of alkyl carbamates (subject to hydrolysis) is 1. The van der Waals surface area contributed by atoms with Crippen molar-refractivity contribution in [2.24, 2.45) is 0 Å². The summed E-state index contributed by atoms with van der Waals surface area (Å²) in [5.41, 5.74) is -0.544. The van der Waals surface area contributed by atoms with Crippen molar-refractivity contribution in [1.82, 2.24) is 5.32 Å². The van der Waals surface area contributed by atoms with Crippen molar-refractivity contribution >= 4 is 11.9 Å². The average molecular weight is 251 g/mol. The Morgan fingerprint density at radius 1 is 1.44 bits per heavy atom. The fourth-order valence-electron chi connectivity index (χ4n) is 1.18. The van der Waals surface area contributed by atoms with E-state index in [4.69, 9.17) is 9.15 Å². The molecule has 18 heavy (non-hydrogen) atoms. The minimum Gasteiger partial charge on any atom is -0.456 e. The molecule has 0 atom stereocenters. The van der Waals surface area contributed by atoms with Gasteiger partial charge >= 0.3 is 6.09 Å². The van der Waals surface area contributed by atoms with Crippen LogP contribution in [-0.2, 0) is 11.3 Å². The van der Waals surface area contributed by atoms with E-state index in [1.165, 1.54) is 12.1 Å². The minimum atomic E-state index is -0.544. The lowest BCUT2D eigenvalue weighted by Gasteiger charge is -2.19. The Kier molecular flexibility index (Phi) is 4.31. The number of carbonyl (C=O) groups is 2. The Hall–Kier alpha value is -2.04. The molecule has 0 fully saturated rings. The summed E-state index contributed by atoms with van der Waals surface area (Å²) < 4.78 is 10.3. The lowest BCUT2D eigenvalue weighted by atomic mass is 10.2. The highest BCUT2D eigenvalue weighted by Crippen LogP contribution is 2.10. The molecule has 0 aromatic carbocycles. The Bertz CT molecular complexity index is 454. The summed E-state index contributed by atoms with van der Waals surface area (Å²) in [6.07, 6.45) is 0.639. The van der Waals surface area contributed by atoms with Gasteiger partial charge in [-0.05, 0) is 39.0 Å². The van der Waals surface area contributed by atoms with Crippen LogP contribution in [0.15, 0.2) is 29.2 Å². The van der Waals surface area contributed by atoms with Gasteiger partial charge in [-0.1, -0.05) is 6.58 Å². The number of ketones is 1. The largest absolute Gasteiger partial charge is 0.456 e. The van der Waals surface area contributed by atoms with Gasteiger partial charge in [0.1, 0.15) is 11.4 Å². The molecule has 1 N–H and O–H groups in total. The van der Waals surface area contributed by atoms with Crippen molar-refractivity contribution in [1.29, 1.82) is 0 Å². The maximum absolute atomic E-state index is 11.4. The van der Waals surface area contributed by atoms with Crippen molar-refractivity contribution in [2.45, 2.75) is 32.9 Å². The van der Waals surface area contributed by atoms with Crippen LogP contribution >= 0.6 is 0 Å². The van der Waals surface area contributed by atoms with Gasteiger partial charge in [-0.25, -0.2) is 4.79 Å². The Labute approximate surface area is 106 Å². The van der Waals surface area contributed by atoms with E-state index in [2.05, 4.69) is 11.9 Å². The van der Waals surface area contributed by atoms with Crippen LogP contribution in [0.2, 0.25) is 0 Å². The van der Waals surface area contributed by atoms with E-state index in [1.54, 1.807) is 26.8 Å². The quantitative estimate of drug-likeness (QED) is 0.659. The molecule has 5 nitrogen and oxygen atoms in total. The van der Waals surface area contributed by atoms with E-state index < -0.39 is 11.7 Å². The summed E-state index contributed by atoms with van der Waals surface area (Å²) in [5.74, 6) is 0.385. The monoisotopic (exact) mass is 251 g/mol. The number of carbonyl (C=O) groups excluding carboxylic acids is 2. The zero-order valence-electron chi connectivity index (χ0n) is 10.8. The van der Waals surface area contributed by atoms with Crippen LogP contribution < -0.4 is 5.32 Å². The fraction of sp³-hybridized carbons (Fsp3) is 0.385. The molecule has 0 aliphatic heterocycles. The number of nitrogens with one attached hydrogen (secondary N) is 1. The lowest BCUT2D eigenvalue weighted by Crippen LogP contribution is -2.32. The molecule has 0 aliphatic carbocycles. The van der Waals surface area contributed by atoms with E-state index in [0.29, 0.717) is 5.76 Å². The third-order valence-electron chi connectivity index (χ3n) is 1.90. The fourth-order valence-corrected chi connectivity index (χ4v) is 1.18. The highest BCUT2D eigenvalue weighted by molar-refractivity contribution is 6.01. The summed E-state index contributed by atoms with van der Waals surface area (Å²) in [4.78, 5) is 22.6. The highest BCUT2D eigenvalue weighted by atomic mass is 16.6. The van der Waals surface area contributed by atoms with Gasteiger partial charge in [-0.15, -0.1) is 0 Å². The normalized spacial score (nSPS) is 10.8. The molecular formula is C13H17NO4. The van der Waals surface area contributed by atoms with Crippen LogP contribution in [0.25, 0.3) is 0 Å². The molecule has 0 spiro atoms. The van der Waals surface area contributed by atoms with E-state index >= 15 is 0 Å². The van der Waals surface area contributed by atoms with E-state index in [-0.39, 0.29) is 18.1 Å². The first kappa shape index (κ1) is 14.0. The number of hydrogen-bond acceptors (Lipinski definition) is 4. The second kappa shape index (κ2) is 5.53. The number of hydrogen-bond donors (Lipinski definition) is 1. The molecule has 1 rings (SSSR count). The number of ether oxygens (including phenoxy) is 1. The summed E-state index contributed by atoms with van der Waals surface area (Å²) in [7, 11) is 0. The molecule has 1 aromatic heterocycles. The van der Waals surface area contributed by atoms with Gasteiger partial charge in [0.25, 0.3) is 0 Å². The predicted molar refractivity (Wildman–Crippen MR) is 66.3 cm³/mol. The van der Waals surface area contributed by atoms with E-state index in [1.807, 2.05) is 0 Å². The average Bonchev–Trinajstić information content (AvgIpc) is 2.71. The number of allylic oxidation sites excluding steroid dienone is 1. The standard InChI is InChI=1S/C13H17NO4/c1-5-10(15)11-7-6-9(17-11)8-14-12(16)18-13(2,3)4/h5-7H,1,8H2,2-4H3,(H,14,16). The molecule has 1 amide bonds. The van der Waals surface area contributed by atoms with Crippen LogP contribution in [0.4, 0.5) is 4.79 Å². The van der Waals surface area contributed by atoms with Gasteiger partial charge in [0.2, 0.25) is 5.78 Å². The molecule has 0 radical (unpaired) electrons. The summed E-state index contributed by atoms with van der Waals surface area (Å²) in [6, 6.07) is 3.16. The third kappa shape index (κ3) is 4.45. The third-order valence-corrected chi connectivity index (χ3v) is 1.90. The van der Waals surface area contributed by atoms with Gasteiger partial charge in [0.05, 0.1) is 6.54 Å². The molecule has 0 saturated heterocycles. The summed E-state index contributed by atoms with van der Waals surface area (Å²) >= 11 is 0. The smallest absolute Gasteiger partial charge is 0.408 e. The van der Waals surface area contributed by atoms with Crippen LogP contribution in [0.1, 0.15) is 37.1 Å². The van der Waals surface area contributed by atoms with Gasteiger partial charge in [-0.3, -0.25) is 4.79 Å². The molecular weight excluding hydrogens is 234 g/mol. The second-order valence-electron chi connectivity index (χ2n) is 4.69. The van der Waals surface area contributed by atoms with Crippen molar-refractivity contribution in [3.8, 4) is 0 Å². The molecule has 0 unspecified atom stereocenters. The number of amides is 1. The van der Waals surface area contributed by atoms with Crippen molar-refractivity contribution in [3.63, 3.8) is 0 Å². The van der Waals surface area contributed by atoms with E-state index in [9.17, 15) is 9.59 Å². The second-order valence-corrected chi connectivity index (χ2v) is 4.69. The van der Waals surface area contributed by atoms with Crippen LogP contribution in [-0.4, -0.2) is 17.5 Å². The zero-order valence-corrected chi connectivity index (χ0v) is 10.8. The zero-order chi connectivity index (χ0) is 13.8. The van der Waals surface area contributed by atoms with Crippen LogP contribution in [0.5, 0.6) is 0 Å². The van der Waals surface area contributed by atoms with Crippen LogP contribution in [0, 0.1) is 0 Å². The highest BCUT2D eigenvalue weighted by Gasteiger charge is 2.16. The molecule has 1 heterocycles. The molecule has 0 saturated carbocycles.